The van der Waals surface area contributed by atoms with Gasteiger partial charge < -0.3 is 14.5 Å². The molecule has 2 aromatic rings. The lowest BCUT2D eigenvalue weighted by Crippen LogP contribution is -2.48. The molecule has 4 rings (SSSR count). The lowest BCUT2D eigenvalue weighted by atomic mass is 10.2. The summed E-state index contributed by atoms with van der Waals surface area (Å²) >= 11 is 1.54. The smallest absolute Gasteiger partial charge is 0.264 e. The van der Waals surface area contributed by atoms with E-state index < -0.39 is 0 Å². The zero-order chi connectivity index (χ0) is 17.2. The minimum absolute atomic E-state index is 0.0717. The highest BCUT2D eigenvalue weighted by molar-refractivity contribution is 7.14. The van der Waals surface area contributed by atoms with E-state index in [-0.39, 0.29) is 17.8 Å². The van der Waals surface area contributed by atoms with Crippen LogP contribution in [-0.2, 0) is 4.74 Å². The fraction of sp³-hybridized carbons (Fsp3) is 0.421. The third-order valence-electron chi connectivity index (χ3n) is 4.84. The van der Waals surface area contributed by atoms with Gasteiger partial charge in [-0.25, -0.2) is 4.39 Å². The number of piperazine rings is 1. The average Bonchev–Trinajstić information content (AvgIpc) is 3.33. The first-order valence-electron chi connectivity index (χ1n) is 8.72. The van der Waals surface area contributed by atoms with Gasteiger partial charge in [0, 0.05) is 37.7 Å². The standard InChI is InChI=1S/C19H21FN2O2S/c20-14-4-1-2-5-15(14)21-9-11-22(12-10-21)19(23)18-8-7-17(25-18)16-6-3-13-24-16/h1-2,4-5,7-8,16H,3,6,9-13H2/t16-/m0/s1. The summed E-state index contributed by atoms with van der Waals surface area (Å²) in [6.45, 7) is 3.33. The van der Waals surface area contributed by atoms with Crippen LogP contribution in [-0.4, -0.2) is 43.6 Å². The summed E-state index contributed by atoms with van der Waals surface area (Å²) in [4.78, 5) is 18.5. The van der Waals surface area contributed by atoms with Crippen molar-refractivity contribution in [2.24, 2.45) is 0 Å². The third kappa shape index (κ3) is 3.41. The number of carbonyl (C=O) groups is 1. The van der Waals surface area contributed by atoms with E-state index in [1.807, 2.05) is 28.0 Å². The fourth-order valence-electron chi connectivity index (χ4n) is 3.46. The molecule has 4 nitrogen and oxygen atoms in total. The van der Waals surface area contributed by atoms with Crippen LogP contribution in [0, 0.1) is 5.82 Å². The second-order valence-electron chi connectivity index (χ2n) is 6.43. The highest BCUT2D eigenvalue weighted by atomic mass is 32.1. The number of hydrogen-bond donors (Lipinski definition) is 0. The summed E-state index contributed by atoms with van der Waals surface area (Å²) in [7, 11) is 0. The maximum Gasteiger partial charge on any atom is 0.264 e. The second kappa shape index (κ2) is 7.14. The van der Waals surface area contributed by atoms with Crippen LogP contribution in [0.5, 0.6) is 0 Å². The van der Waals surface area contributed by atoms with Gasteiger partial charge in [-0.2, -0.15) is 0 Å². The molecule has 0 saturated carbocycles. The lowest BCUT2D eigenvalue weighted by Gasteiger charge is -2.36. The Balaban J connectivity index is 1.39. The largest absolute Gasteiger partial charge is 0.373 e. The van der Waals surface area contributed by atoms with Crippen molar-refractivity contribution in [3.8, 4) is 0 Å². The Bertz CT molecular complexity index is 749. The predicted octanol–water partition coefficient (Wildman–Crippen LogP) is 3.70. The predicted molar refractivity (Wildman–Crippen MR) is 96.8 cm³/mol. The van der Waals surface area contributed by atoms with Crippen LogP contribution in [0.4, 0.5) is 10.1 Å². The van der Waals surface area contributed by atoms with Crippen molar-refractivity contribution in [1.82, 2.24) is 4.90 Å². The van der Waals surface area contributed by atoms with Crippen molar-refractivity contribution < 1.29 is 13.9 Å². The first kappa shape index (κ1) is 16.5. The Morgan fingerprint density at radius 1 is 1.12 bits per heavy atom. The summed E-state index contributed by atoms with van der Waals surface area (Å²) in [5.74, 6) is -0.135. The molecular formula is C19H21FN2O2S. The van der Waals surface area contributed by atoms with Crippen LogP contribution < -0.4 is 4.90 Å². The average molecular weight is 360 g/mol. The summed E-state index contributed by atoms with van der Waals surface area (Å²) in [5.41, 5.74) is 0.617. The number of anilines is 1. The summed E-state index contributed by atoms with van der Waals surface area (Å²) in [5, 5.41) is 0. The highest BCUT2D eigenvalue weighted by Crippen LogP contribution is 2.33. The molecule has 0 aliphatic carbocycles. The number of nitrogens with zero attached hydrogens (tertiary/aromatic N) is 2. The Morgan fingerprint density at radius 3 is 2.64 bits per heavy atom. The number of ether oxygens (including phenoxy) is 1. The molecule has 6 heteroatoms. The first-order valence-corrected chi connectivity index (χ1v) is 9.54. The maximum absolute atomic E-state index is 13.9. The van der Waals surface area contributed by atoms with Crippen molar-refractivity contribution in [3.63, 3.8) is 0 Å². The Kier molecular flexibility index (Phi) is 4.72. The van der Waals surface area contributed by atoms with Gasteiger partial charge >= 0.3 is 0 Å². The zero-order valence-corrected chi connectivity index (χ0v) is 14.8. The van der Waals surface area contributed by atoms with E-state index in [1.54, 1.807) is 23.5 Å². The van der Waals surface area contributed by atoms with Gasteiger partial charge in [0.15, 0.2) is 0 Å². The highest BCUT2D eigenvalue weighted by Gasteiger charge is 2.26. The minimum Gasteiger partial charge on any atom is -0.373 e. The van der Waals surface area contributed by atoms with Gasteiger partial charge in [-0.3, -0.25) is 4.79 Å². The molecule has 1 aromatic heterocycles. The van der Waals surface area contributed by atoms with Gasteiger partial charge in [0.1, 0.15) is 5.82 Å². The molecular weight excluding hydrogens is 339 g/mol. The Labute approximate surface area is 150 Å². The lowest BCUT2D eigenvalue weighted by molar-refractivity contribution is 0.0751. The van der Waals surface area contributed by atoms with Crippen molar-refractivity contribution in [2.75, 3.05) is 37.7 Å². The van der Waals surface area contributed by atoms with Gasteiger partial charge in [-0.05, 0) is 37.1 Å². The molecule has 0 N–H and O–H groups in total. The van der Waals surface area contributed by atoms with Crippen molar-refractivity contribution in [2.45, 2.75) is 18.9 Å². The normalized spacial score (nSPS) is 20.9. The first-order chi connectivity index (χ1) is 12.2. The number of benzene rings is 1. The monoisotopic (exact) mass is 360 g/mol. The SMILES string of the molecule is O=C(c1ccc([C@@H]2CCCO2)s1)N1CCN(c2ccccc2F)CC1. The Hall–Kier alpha value is -1.92. The molecule has 2 aliphatic rings. The van der Waals surface area contributed by atoms with Crippen molar-refractivity contribution >= 4 is 22.9 Å². The third-order valence-corrected chi connectivity index (χ3v) is 6.01. The van der Waals surface area contributed by atoms with Gasteiger partial charge in [-0.1, -0.05) is 12.1 Å². The summed E-state index contributed by atoms with van der Waals surface area (Å²) in [6.07, 6.45) is 2.28. The Morgan fingerprint density at radius 2 is 1.92 bits per heavy atom. The molecule has 1 aromatic carbocycles. The number of para-hydroxylation sites is 1. The molecule has 0 spiro atoms. The molecule has 132 valence electrons. The zero-order valence-electron chi connectivity index (χ0n) is 14.0. The van der Waals surface area contributed by atoms with Crippen molar-refractivity contribution in [1.29, 1.82) is 0 Å². The number of carbonyl (C=O) groups excluding carboxylic acids is 1. The van der Waals surface area contributed by atoms with Crippen LogP contribution in [0.15, 0.2) is 36.4 Å². The molecule has 2 saturated heterocycles. The van der Waals surface area contributed by atoms with E-state index >= 15 is 0 Å². The van der Waals surface area contributed by atoms with E-state index in [0.29, 0.717) is 31.9 Å². The van der Waals surface area contributed by atoms with Crippen LogP contribution in [0.2, 0.25) is 0 Å². The molecule has 1 amide bonds. The molecule has 1 atom stereocenters. The van der Waals surface area contributed by atoms with E-state index in [1.165, 1.54) is 6.07 Å². The minimum atomic E-state index is -0.207. The van der Waals surface area contributed by atoms with Gasteiger partial charge in [0.2, 0.25) is 0 Å². The van der Waals surface area contributed by atoms with E-state index in [2.05, 4.69) is 0 Å². The second-order valence-corrected chi connectivity index (χ2v) is 7.55. The molecule has 2 fully saturated rings. The quantitative estimate of drug-likeness (QED) is 0.837. The van der Waals surface area contributed by atoms with Crippen LogP contribution in [0.1, 0.15) is 33.5 Å². The maximum atomic E-state index is 13.9. The van der Waals surface area contributed by atoms with E-state index in [9.17, 15) is 9.18 Å². The topological polar surface area (TPSA) is 32.8 Å². The van der Waals surface area contributed by atoms with Gasteiger partial charge in [0.25, 0.3) is 5.91 Å². The number of halogens is 1. The van der Waals surface area contributed by atoms with Gasteiger partial charge in [0.05, 0.1) is 16.7 Å². The molecule has 2 aliphatic heterocycles. The van der Waals surface area contributed by atoms with Crippen LogP contribution in [0.3, 0.4) is 0 Å². The number of amides is 1. The summed E-state index contributed by atoms with van der Waals surface area (Å²) in [6, 6.07) is 10.7. The van der Waals surface area contributed by atoms with Crippen LogP contribution >= 0.6 is 11.3 Å². The molecule has 0 radical (unpaired) electrons. The summed E-state index contributed by atoms with van der Waals surface area (Å²) < 4.78 is 19.6. The number of thiophene rings is 1. The van der Waals surface area contributed by atoms with Gasteiger partial charge in [-0.15, -0.1) is 11.3 Å². The number of hydrogen-bond acceptors (Lipinski definition) is 4. The molecule has 0 unspecified atom stereocenters. The number of rotatable bonds is 3. The van der Waals surface area contributed by atoms with E-state index in [0.717, 1.165) is 29.2 Å². The molecule has 0 bridgehead atoms. The fourth-order valence-corrected chi connectivity index (χ4v) is 4.52. The van der Waals surface area contributed by atoms with Crippen molar-refractivity contribution in [3.05, 3.63) is 52.0 Å². The molecule has 3 heterocycles. The van der Waals surface area contributed by atoms with E-state index in [4.69, 9.17) is 4.74 Å². The van der Waals surface area contributed by atoms with Crippen LogP contribution in [0.25, 0.3) is 0 Å². The molecule has 25 heavy (non-hydrogen) atoms.